The van der Waals surface area contributed by atoms with Gasteiger partial charge in [0.15, 0.2) is 5.78 Å². The maximum absolute atomic E-state index is 10.6. The van der Waals surface area contributed by atoms with Crippen LogP contribution in [-0.4, -0.2) is 12.1 Å². The fraction of sp³-hybridized carbons (Fsp3) is 0.250. The molecule has 0 aromatic heterocycles. The van der Waals surface area contributed by atoms with E-state index >= 15 is 0 Å². The molecule has 52 valence electrons. The summed E-state index contributed by atoms with van der Waals surface area (Å²) in [6, 6.07) is 0. The molecule has 0 aromatic carbocycles. The summed E-state index contributed by atoms with van der Waals surface area (Å²) >= 11 is 0. The molecule has 0 radical (unpaired) electrons. The molecule has 1 aliphatic rings. The molecule has 1 aliphatic carbocycles. The Morgan fingerprint density at radius 2 is 2.10 bits per heavy atom. The first-order valence-corrected chi connectivity index (χ1v) is 3.18. The third-order valence-corrected chi connectivity index (χ3v) is 1.43. The topological polar surface area (TPSA) is 34.1 Å². The van der Waals surface area contributed by atoms with Gasteiger partial charge in [0.05, 0.1) is 0 Å². The number of hydrogen-bond donors (Lipinski definition) is 0. The second-order valence-corrected chi connectivity index (χ2v) is 2.18. The molecule has 0 saturated carbocycles. The van der Waals surface area contributed by atoms with Crippen molar-refractivity contribution < 1.29 is 9.59 Å². The Hall–Kier alpha value is -1.18. The van der Waals surface area contributed by atoms with E-state index in [-0.39, 0.29) is 5.78 Å². The average Bonchev–Trinajstić information content (AvgIpc) is 1.95. The van der Waals surface area contributed by atoms with Crippen molar-refractivity contribution in [2.75, 3.05) is 0 Å². The molecule has 0 N–H and O–H groups in total. The van der Waals surface area contributed by atoms with Crippen molar-refractivity contribution in [3.05, 3.63) is 23.8 Å². The first kappa shape index (κ1) is 6.93. The number of allylic oxidation sites excluding steroid dienone is 4. The number of rotatable bonds is 1. The lowest BCUT2D eigenvalue weighted by Gasteiger charge is -2.03. The Balaban J connectivity index is 2.69. The fourth-order valence-corrected chi connectivity index (χ4v) is 0.860. The molecule has 2 heteroatoms. The van der Waals surface area contributed by atoms with Crippen LogP contribution < -0.4 is 0 Å². The predicted octanol–water partition coefficient (Wildman–Crippen LogP) is 1.03. The Labute approximate surface area is 59.2 Å². The van der Waals surface area contributed by atoms with E-state index in [9.17, 15) is 9.59 Å². The van der Waals surface area contributed by atoms with Gasteiger partial charge in [-0.3, -0.25) is 9.59 Å². The molecule has 0 aromatic rings. The van der Waals surface area contributed by atoms with Gasteiger partial charge in [0.25, 0.3) is 0 Å². The summed E-state index contributed by atoms with van der Waals surface area (Å²) in [5, 5.41) is 0. The van der Waals surface area contributed by atoms with E-state index in [1.54, 1.807) is 6.08 Å². The molecule has 0 spiro atoms. The third-order valence-electron chi connectivity index (χ3n) is 1.43. The Kier molecular flexibility index (Phi) is 2.15. The van der Waals surface area contributed by atoms with E-state index in [1.165, 1.54) is 12.2 Å². The first-order valence-electron chi connectivity index (χ1n) is 3.18. The SMILES string of the molecule is O=C/C=C1\C=CC(=O)CC1. The van der Waals surface area contributed by atoms with Crippen molar-refractivity contribution >= 4 is 12.1 Å². The molecule has 0 fully saturated rings. The number of ketones is 1. The summed E-state index contributed by atoms with van der Waals surface area (Å²) in [6.45, 7) is 0. The summed E-state index contributed by atoms with van der Waals surface area (Å²) in [7, 11) is 0. The second-order valence-electron chi connectivity index (χ2n) is 2.18. The lowest BCUT2D eigenvalue weighted by Crippen LogP contribution is -1.99. The molecule has 0 saturated heterocycles. The van der Waals surface area contributed by atoms with Crippen LogP contribution in [0, 0.1) is 0 Å². The van der Waals surface area contributed by atoms with Crippen LogP contribution in [0.2, 0.25) is 0 Å². The van der Waals surface area contributed by atoms with E-state index in [4.69, 9.17) is 0 Å². The van der Waals surface area contributed by atoms with Gasteiger partial charge < -0.3 is 0 Å². The first-order chi connectivity index (χ1) is 4.83. The highest BCUT2D eigenvalue weighted by Gasteiger charge is 2.04. The highest BCUT2D eigenvalue weighted by Crippen LogP contribution is 2.12. The smallest absolute Gasteiger partial charge is 0.156 e. The molecule has 0 amide bonds. The van der Waals surface area contributed by atoms with Crippen molar-refractivity contribution in [2.45, 2.75) is 12.8 Å². The Morgan fingerprint density at radius 3 is 2.60 bits per heavy atom. The van der Waals surface area contributed by atoms with E-state index in [1.807, 2.05) is 0 Å². The molecule has 0 bridgehead atoms. The van der Waals surface area contributed by atoms with Crippen LogP contribution in [-0.2, 0) is 9.59 Å². The lowest BCUT2D eigenvalue weighted by atomic mass is 10.0. The lowest BCUT2D eigenvalue weighted by molar-refractivity contribution is -0.114. The normalized spacial score (nSPS) is 21.6. The van der Waals surface area contributed by atoms with Crippen LogP contribution in [0.5, 0.6) is 0 Å². The summed E-state index contributed by atoms with van der Waals surface area (Å²) in [5.41, 5.74) is 0.939. The number of hydrogen-bond acceptors (Lipinski definition) is 2. The monoisotopic (exact) mass is 136 g/mol. The van der Waals surface area contributed by atoms with E-state index in [0.29, 0.717) is 12.8 Å². The molecule has 10 heavy (non-hydrogen) atoms. The van der Waals surface area contributed by atoms with Crippen LogP contribution >= 0.6 is 0 Å². The van der Waals surface area contributed by atoms with Crippen LogP contribution in [0.3, 0.4) is 0 Å². The maximum Gasteiger partial charge on any atom is 0.156 e. The summed E-state index contributed by atoms with van der Waals surface area (Å²) in [4.78, 5) is 20.6. The second kappa shape index (κ2) is 3.11. The highest BCUT2D eigenvalue weighted by atomic mass is 16.1. The minimum atomic E-state index is 0.142. The van der Waals surface area contributed by atoms with Gasteiger partial charge in [-0.15, -0.1) is 0 Å². The molecular weight excluding hydrogens is 128 g/mol. The van der Waals surface area contributed by atoms with Crippen molar-refractivity contribution in [1.29, 1.82) is 0 Å². The van der Waals surface area contributed by atoms with Crippen molar-refractivity contribution in [1.82, 2.24) is 0 Å². The van der Waals surface area contributed by atoms with Crippen LogP contribution in [0.25, 0.3) is 0 Å². The van der Waals surface area contributed by atoms with E-state index in [2.05, 4.69) is 0 Å². The summed E-state index contributed by atoms with van der Waals surface area (Å²) in [6.07, 6.45) is 6.68. The third kappa shape index (κ3) is 1.65. The van der Waals surface area contributed by atoms with Gasteiger partial charge in [0.2, 0.25) is 0 Å². The van der Waals surface area contributed by atoms with Crippen LogP contribution in [0.15, 0.2) is 23.8 Å². The summed E-state index contributed by atoms with van der Waals surface area (Å²) in [5.74, 6) is 0.142. The van der Waals surface area contributed by atoms with E-state index < -0.39 is 0 Å². The molecular formula is C8H8O2. The van der Waals surface area contributed by atoms with Gasteiger partial charge >= 0.3 is 0 Å². The van der Waals surface area contributed by atoms with Gasteiger partial charge in [-0.1, -0.05) is 6.08 Å². The number of carbonyl (C=O) groups is 2. The predicted molar refractivity (Wildman–Crippen MR) is 37.5 cm³/mol. The van der Waals surface area contributed by atoms with Crippen LogP contribution in [0.1, 0.15) is 12.8 Å². The Morgan fingerprint density at radius 1 is 1.30 bits per heavy atom. The highest BCUT2D eigenvalue weighted by molar-refractivity contribution is 5.92. The van der Waals surface area contributed by atoms with Gasteiger partial charge in [-0.05, 0) is 24.1 Å². The van der Waals surface area contributed by atoms with Crippen molar-refractivity contribution in [3.63, 3.8) is 0 Å². The average molecular weight is 136 g/mol. The maximum atomic E-state index is 10.6. The van der Waals surface area contributed by atoms with Crippen LogP contribution in [0.4, 0.5) is 0 Å². The van der Waals surface area contributed by atoms with E-state index in [0.717, 1.165) is 11.9 Å². The van der Waals surface area contributed by atoms with Gasteiger partial charge in [-0.25, -0.2) is 0 Å². The zero-order chi connectivity index (χ0) is 7.40. The zero-order valence-corrected chi connectivity index (χ0v) is 5.54. The van der Waals surface area contributed by atoms with Crippen molar-refractivity contribution in [3.8, 4) is 0 Å². The molecule has 0 aliphatic heterocycles. The minimum Gasteiger partial charge on any atom is -0.299 e. The quantitative estimate of drug-likeness (QED) is 0.398. The van der Waals surface area contributed by atoms with Gasteiger partial charge in [0, 0.05) is 6.42 Å². The van der Waals surface area contributed by atoms with Crippen molar-refractivity contribution in [2.24, 2.45) is 0 Å². The fourth-order valence-electron chi connectivity index (χ4n) is 0.860. The number of carbonyl (C=O) groups excluding carboxylic acids is 2. The molecule has 0 unspecified atom stereocenters. The molecule has 1 rings (SSSR count). The standard InChI is InChI=1S/C8H8O2/c9-6-5-7-1-3-8(10)4-2-7/h1,3,5-6H,2,4H2/b7-5+. The van der Waals surface area contributed by atoms with Gasteiger partial charge in [-0.2, -0.15) is 0 Å². The molecule has 2 nitrogen and oxygen atoms in total. The summed E-state index contributed by atoms with van der Waals surface area (Å²) < 4.78 is 0. The largest absolute Gasteiger partial charge is 0.299 e. The van der Waals surface area contributed by atoms with Gasteiger partial charge in [0.1, 0.15) is 6.29 Å². The Bertz CT molecular complexity index is 211. The zero-order valence-electron chi connectivity index (χ0n) is 5.54. The number of aldehydes is 1. The minimum absolute atomic E-state index is 0.142. The molecule has 0 atom stereocenters. The molecule has 0 heterocycles.